The Balaban J connectivity index is 1.89. The van der Waals surface area contributed by atoms with Crippen molar-refractivity contribution >= 4 is 10.9 Å². The van der Waals surface area contributed by atoms with Crippen LogP contribution < -0.4 is 5.73 Å². The molecule has 0 amide bonds. The predicted molar refractivity (Wildman–Crippen MR) is 84.6 cm³/mol. The number of para-hydroxylation sites is 1. The van der Waals surface area contributed by atoms with E-state index in [4.69, 9.17) is 5.73 Å². The summed E-state index contributed by atoms with van der Waals surface area (Å²) in [6.07, 6.45) is 9.38. The van der Waals surface area contributed by atoms with E-state index in [1.807, 2.05) is 12.3 Å². The number of rotatable bonds is 4. The quantitative estimate of drug-likeness (QED) is 0.907. The average molecular weight is 268 g/mol. The zero-order chi connectivity index (χ0) is 14.0. The summed E-state index contributed by atoms with van der Waals surface area (Å²) in [6.45, 7) is 2.30. The van der Waals surface area contributed by atoms with Gasteiger partial charge in [0.1, 0.15) is 0 Å². The van der Waals surface area contributed by atoms with Crippen LogP contribution in [0, 0.1) is 5.41 Å². The van der Waals surface area contributed by atoms with E-state index < -0.39 is 0 Å². The minimum Gasteiger partial charge on any atom is -0.327 e. The molecule has 0 radical (unpaired) electrons. The van der Waals surface area contributed by atoms with Crippen molar-refractivity contribution in [2.75, 3.05) is 0 Å². The molecule has 0 spiro atoms. The lowest BCUT2D eigenvalue weighted by molar-refractivity contribution is 0.219. The summed E-state index contributed by atoms with van der Waals surface area (Å²) in [4.78, 5) is 4.44. The summed E-state index contributed by atoms with van der Waals surface area (Å²) >= 11 is 0. The van der Waals surface area contributed by atoms with Crippen molar-refractivity contribution < 1.29 is 0 Å². The van der Waals surface area contributed by atoms with Crippen molar-refractivity contribution in [3.05, 3.63) is 42.1 Å². The van der Waals surface area contributed by atoms with E-state index in [2.05, 4.69) is 36.2 Å². The normalized spacial score (nSPS) is 19.3. The number of nitrogens with zero attached hydrogens (tertiary/aromatic N) is 1. The third kappa shape index (κ3) is 2.33. The molecule has 2 N–H and O–H groups in total. The van der Waals surface area contributed by atoms with Crippen LogP contribution in [-0.2, 0) is 6.42 Å². The van der Waals surface area contributed by atoms with Gasteiger partial charge in [0.25, 0.3) is 0 Å². The third-order valence-corrected chi connectivity index (χ3v) is 5.27. The smallest absolute Gasteiger partial charge is 0.0704 e. The fourth-order valence-corrected chi connectivity index (χ4v) is 3.85. The molecule has 0 aliphatic heterocycles. The van der Waals surface area contributed by atoms with Gasteiger partial charge in [-0.05, 0) is 48.8 Å². The van der Waals surface area contributed by atoms with Gasteiger partial charge in [-0.15, -0.1) is 0 Å². The van der Waals surface area contributed by atoms with Crippen LogP contribution in [0.25, 0.3) is 10.9 Å². The molecule has 2 heteroatoms. The van der Waals surface area contributed by atoms with Crippen molar-refractivity contribution in [2.45, 2.75) is 51.5 Å². The van der Waals surface area contributed by atoms with Gasteiger partial charge in [0, 0.05) is 17.6 Å². The molecule has 3 rings (SSSR count). The van der Waals surface area contributed by atoms with Crippen LogP contribution in [-0.4, -0.2) is 11.0 Å². The molecule has 1 aliphatic carbocycles. The predicted octanol–water partition coefficient (Wildman–Crippen LogP) is 4.08. The Morgan fingerprint density at radius 1 is 1.20 bits per heavy atom. The fourth-order valence-electron chi connectivity index (χ4n) is 3.85. The molecule has 1 unspecified atom stereocenters. The van der Waals surface area contributed by atoms with E-state index in [1.54, 1.807) is 0 Å². The number of nitrogens with two attached hydrogens (primary N) is 1. The van der Waals surface area contributed by atoms with Crippen LogP contribution >= 0.6 is 0 Å². The number of benzene rings is 1. The van der Waals surface area contributed by atoms with Gasteiger partial charge >= 0.3 is 0 Å². The highest BCUT2D eigenvalue weighted by Crippen LogP contribution is 2.44. The van der Waals surface area contributed by atoms with Crippen molar-refractivity contribution in [3.8, 4) is 0 Å². The monoisotopic (exact) mass is 268 g/mol. The first-order chi connectivity index (χ1) is 9.75. The van der Waals surface area contributed by atoms with Crippen LogP contribution in [0.3, 0.4) is 0 Å². The molecule has 1 fully saturated rings. The van der Waals surface area contributed by atoms with Gasteiger partial charge in [0.05, 0.1) is 5.52 Å². The number of pyridine rings is 1. The SMILES string of the molecule is CCC1(C(N)Cc2ccnc3ccccc23)CCCC1. The second kappa shape index (κ2) is 5.53. The van der Waals surface area contributed by atoms with E-state index in [-0.39, 0.29) is 6.04 Å². The van der Waals surface area contributed by atoms with Gasteiger partial charge in [-0.25, -0.2) is 0 Å². The van der Waals surface area contributed by atoms with Gasteiger partial charge in [-0.1, -0.05) is 38.0 Å². The first-order valence-electron chi connectivity index (χ1n) is 7.83. The molecular weight excluding hydrogens is 244 g/mol. The van der Waals surface area contributed by atoms with E-state index in [0.717, 1.165) is 11.9 Å². The Hall–Kier alpha value is -1.41. The molecule has 20 heavy (non-hydrogen) atoms. The van der Waals surface area contributed by atoms with Crippen LogP contribution in [0.2, 0.25) is 0 Å². The maximum Gasteiger partial charge on any atom is 0.0704 e. The summed E-state index contributed by atoms with van der Waals surface area (Å²) in [6, 6.07) is 10.8. The highest BCUT2D eigenvalue weighted by Gasteiger charge is 2.37. The largest absolute Gasteiger partial charge is 0.327 e. The highest BCUT2D eigenvalue weighted by molar-refractivity contribution is 5.81. The Morgan fingerprint density at radius 2 is 1.95 bits per heavy atom. The van der Waals surface area contributed by atoms with Crippen LogP contribution in [0.5, 0.6) is 0 Å². The highest BCUT2D eigenvalue weighted by atomic mass is 14.7. The van der Waals surface area contributed by atoms with Crippen molar-refractivity contribution in [2.24, 2.45) is 11.1 Å². The number of aromatic nitrogens is 1. The summed E-state index contributed by atoms with van der Waals surface area (Å²) in [5, 5.41) is 1.26. The lowest BCUT2D eigenvalue weighted by atomic mass is 9.74. The summed E-state index contributed by atoms with van der Waals surface area (Å²) in [5.74, 6) is 0. The molecule has 0 saturated heterocycles. The minimum atomic E-state index is 0.265. The molecule has 2 aromatic rings. The third-order valence-electron chi connectivity index (χ3n) is 5.27. The molecule has 1 saturated carbocycles. The van der Waals surface area contributed by atoms with E-state index in [0.29, 0.717) is 5.41 Å². The second-order valence-corrected chi connectivity index (χ2v) is 6.22. The van der Waals surface area contributed by atoms with Crippen LogP contribution in [0.1, 0.15) is 44.6 Å². The standard InChI is InChI=1S/C18H24N2/c1-2-18(10-5-6-11-18)17(19)13-14-9-12-20-16-8-4-3-7-15(14)16/h3-4,7-9,12,17H,2,5-6,10-11,13,19H2,1H3. The van der Waals surface area contributed by atoms with E-state index in [9.17, 15) is 0 Å². The average Bonchev–Trinajstić information content (AvgIpc) is 2.98. The Kier molecular flexibility index (Phi) is 3.75. The van der Waals surface area contributed by atoms with Crippen LogP contribution in [0.15, 0.2) is 36.5 Å². The van der Waals surface area contributed by atoms with Crippen molar-refractivity contribution in [1.29, 1.82) is 0 Å². The molecule has 0 bridgehead atoms. The fraction of sp³-hybridized carbons (Fsp3) is 0.500. The first-order valence-corrected chi connectivity index (χ1v) is 7.83. The molecule has 1 atom stereocenters. The summed E-state index contributed by atoms with van der Waals surface area (Å²) in [7, 11) is 0. The maximum atomic E-state index is 6.63. The number of hydrogen-bond donors (Lipinski definition) is 1. The van der Waals surface area contributed by atoms with E-state index >= 15 is 0 Å². The first kappa shape index (κ1) is 13.6. The molecule has 1 heterocycles. The molecule has 106 valence electrons. The van der Waals surface area contributed by atoms with Crippen molar-refractivity contribution in [1.82, 2.24) is 4.98 Å². The van der Waals surface area contributed by atoms with Gasteiger partial charge in [-0.3, -0.25) is 4.98 Å². The van der Waals surface area contributed by atoms with Gasteiger partial charge in [-0.2, -0.15) is 0 Å². The molecule has 1 aromatic carbocycles. The van der Waals surface area contributed by atoms with Gasteiger partial charge < -0.3 is 5.73 Å². The van der Waals surface area contributed by atoms with Crippen LogP contribution in [0.4, 0.5) is 0 Å². The number of hydrogen-bond acceptors (Lipinski definition) is 2. The molecule has 1 aromatic heterocycles. The molecule has 2 nitrogen and oxygen atoms in total. The lowest BCUT2D eigenvalue weighted by Gasteiger charge is -2.34. The Bertz CT molecular complexity index is 579. The summed E-state index contributed by atoms with van der Waals surface area (Å²) < 4.78 is 0. The zero-order valence-electron chi connectivity index (χ0n) is 12.3. The van der Waals surface area contributed by atoms with Crippen molar-refractivity contribution in [3.63, 3.8) is 0 Å². The number of fused-ring (bicyclic) bond motifs is 1. The molecular formula is C18H24N2. The Morgan fingerprint density at radius 3 is 2.70 bits per heavy atom. The zero-order valence-corrected chi connectivity index (χ0v) is 12.3. The maximum absolute atomic E-state index is 6.63. The topological polar surface area (TPSA) is 38.9 Å². The summed E-state index contributed by atoms with van der Waals surface area (Å²) in [5.41, 5.74) is 9.42. The lowest BCUT2D eigenvalue weighted by Crippen LogP contribution is -2.41. The van der Waals surface area contributed by atoms with Gasteiger partial charge in [0.2, 0.25) is 0 Å². The second-order valence-electron chi connectivity index (χ2n) is 6.22. The molecule has 1 aliphatic rings. The van der Waals surface area contributed by atoms with Gasteiger partial charge in [0.15, 0.2) is 0 Å². The Labute approximate surface area is 121 Å². The minimum absolute atomic E-state index is 0.265. The van der Waals surface area contributed by atoms with E-state index in [1.165, 1.54) is 43.1 Å².